The maximum absolute atomic E-state index is 12.6. The van der Waals surface area contributed by atoms with Crippen LogP contribution in [-0.4, -0.2) is 25.8 Å². The van der Waals surface area contributed by atoms with Crippen LogP contribution in [0.25, 0.3) is 0 Å². The zero-order chi connectivity index (χ0) is 19.3. The molecule has 2 aromatic heterocycles. The molecule has 0 spiro atoms. The number of aromatic amines is 1. The van der Waals surface area contributed by atoms with E-state index in [1.165, 1.54) is 25.5 Å². The summed E-state index contributed by atoms with van der Waals surface area (Å²) in [4.78, 5) is 41.0. The summed E-state index contributed by atoms with van der Waals surface area (Å²) in [5.41, 5.74) is 1.17. The first-order valence-electron chi connectivity index (χ1n) is 10.2. The van der Waals surface area contributed by atoms with Crippen molar-refractivity contribution in [1.29, 1.82) is 0 Å². The largest absolute Gasteiger partial charge is 0.346 e. The average molecular weight is 379 g/mol. The number of carbonyl (C=O) groups is 1. The molecule has 4 fully saturated rings. The molecule has 2 heterocycles. The Morgan fingerprint density at radius 2 is 1.75 bits per heavy atom. The van der Waals surface area contributed by atoms with Gasteiger partial charge in [-0.05, 0) is 63.2 Å². The van der Waals surface area contributed by atoms with Gasteiger partial charge in [0.2, 0.25) is 0 Å². The van der Waals surface area contributed by atoms with Gasteiger partial charge in [-0.3, -0.25) is 19.6 Å². The topological polar surface area (TPSA) is 101 Å². The fourth-order valence-electron chi connectivity index (χ4n) is 6.00. The Hall–Kier alpha value is -2.57. The third-order valence-corrected chi connectivity index (χ3v) is 6.85. The summed E-state index contributed by atoms with van der Waals surface area (Å²) in [5, 5.41) is 2.73. The second-order valence-corrected chi connectivity index (χ2v) is 9.00. The highest BCUT2D eigenvalue weighted by atomic mass is 16.2. The highest BCUT2D eigenvalue weighted by Gasteiger charge is 2.52. The van der Waals surface area contributed by atoms with Crippen molar-refractivity contribution >= 4 is 5.91 Å². The lowest BCUT2D eigenvalue weighted by Gasteiger charge is -2.56. The molecule has 28 heavy (non-hydrogen) atoms. The molecule has 0 aliphatic heterocycles. The quantitative estimate of drug-likeness (QED) is 0.849. The molecule has 6 rings (SSSR count). The summed E-state index contributed by atoms with van der Waals surface area (Å²) in [7, 11) is 0. The monoisotopic (exact) mass is 379 g/mol. The summed E-state index contributed by atoms with van der Waals surface area (Å²) < 4.78 is 0. The maximum Gasteiger partial charge on any atom is 0.263 e. The standard InChI is InChI=1S/C21H25N5O2/c1-12-8-23-16(9-22-12)10-24-18(27)17-11-25-20(26-19(17)28)21-5-13-2-14(6-21)4-15(3-13)7-21/h8-9,11,13-15H,2-7,10H2,1H3,(H,24,27)(H,25,26,28). The fraction of sp³-hybridized carbons (Fsp3) is 0.571. The van der Waals surface area contributed by atoms with Gasteiger partial charge in [-0.2, -0.15) is 0 Å². The first-order chi connectivity index (χ1) is 13.5. The highest BCUT2D eigenvalue weighted by Crippen LogP contribution is 2.59. The molecule has 1 amide bonds. The van der Waals surface area contributed by atoms with E-state index < -0.39 is 5.91 Å². The van der Waals surface area contributed by atoms with Crippen LogP contribution in [0.4, 0.5) is 0 Å². The second-order valence-electron chi connectivity index (χ2n) is 9.00. The van der Waals surface area contributed by atoms with Crippen LogP contribution in [-0.2, 0) is 12.0 Å². The molecule has 2 N–H and O–H groups in total. The van der Waals surface area contributed by atoms with Gasteiger partial charge in [-0.15, -0.1) is 0 Å². The number of H-pyrrole nitrogens is 1. The molecular formula is C21H25N5O2. The van der Waals surface area contributed by atoms with Crippen molar-refractivity contribution in [2.45, 2.75) is 57.4 Å². The number of aromatic nitrogens is 4. The van der Waals surface area contributed by atoms with Crippen molar-refractivity contribution in [3.05, 3.63) is 51.7 Å². The van der Waals surface area contributed by atoms with Gasteiger partial charge in [0.25, 0.3) is 11.5 Å². The number of aryl methyl sites for hydroxylation is 1. The minimum atomic E-state index is -0.437. The number of rotatable bonds is 4. The Balaban J connectivity index is 1.33. The zero-order valence-electron chi connectivity index (χ0n) is 16.1. The molecule has 0 unspecified atom stereocenters. The Bertz CT molecular complexity index is 930. The summed E-state index contributed by atoms with van der Waals surface area (Å²) in [6.45, 7) is 2.08. The van der Waals surface area contributed by atoms with Crippen LogP contribution < -0.4 is 10.9 Å². The number of nitrogens with one attached hydrogen (secondary N) is 2. The van der Waals surface area contributed by atoms with E-state index in [0.29, 0.717) is 5.69 Å². The van der Waals surface area contributed by atoms with Crippen molar-refractivity contribution in [3.8, 4) is 0 Å². The van der Waals surface area contributed by atoms with Gasteiger partial charge in [-0.1, -0.05) is 0 Å². The van der Waals surface area contributed by atoms with Crippen molar-refractivity contribution in [2.75, 3.05) is 0 Å². The molecule has 146 valence electrons. The second kappa shape index (κ2) is 6.50. The number of hydrogen-bond donors (Lipinski definition) is 2. The lowest BCUT2D eigenvalue weighted by Crippen LogP contribution is -2.50. The van der Waals surface area contributed by atoms with Gasteiger partial charge in [0.05, 0.1) is 24.1 Å². The van der Waals surface area contributed by atoms with E-state index in [9.17, 15) is 9.59 Å². The Kier molecular flexibility index (Phi) is 4.07. The van der Waals surface area contributed by atoms with Crippen molar-refractivity contribution in [3.63, 3.8) is 0 Å². The van der Waals surface area contributed by atoms with Gasteiger partial charge in [0.15, 0.2) is 0 Å². The minimum Gasteiger partial charge on any atom is -0.346 e. The highest BCUT2D eigenvalue weighted by molar-refractivity contribution is 5.93. The van der Waals surface area contributed by atoms with Crippen LogP contribution in [0.5, 0.6) is 0 Å². The maximum atomic E-state index is 12.6. The normalized spacial score (nSPS) is 30.4. The van der Waals surface area contributed by atoms with E-state index in [1.54, 1.807) is 12.4 Å². The first-order valence-corrected chi connectivity index (χ1v) is 10.2. The van der Waals surface area contributed by atoms with Crippen LogP contribution >= 0.6 is 0 Å². The molecule has 4 aliphatic carbocycles. The van der Waals surface area contributed by atoms with E-state index in [2.05, 4.69) is 25.3 Å². The van der Waals surface area contributed by atoms with E-state index in [4.69, 9.17) is 0 Å². The SMILES string of the molecule is Cc1cnc(CNC(=O)c2cnc(C34CC5CC(CC(C5)C3)C4)[nH]c2=O)cn1. The molecule has 0 aromatic carbocycles. The summed E-state index contributed by atoms with van der Waals surface area (Å²) >= 11 is 0. The third-order valence-electron chi connectivity index (χ3n) is 6.85. The molecule has 0 saturated heterocycles. The molecule has 4 aliphatic rings. The van der Waals surface area contributed by atoms with Gasteiger partial charge < -0.3 is 10.3 Å². The number of hydrogen-bond acceptors (Lipinski definition) is 5. The Morgan fingerprint density at radius 1 is 1.07 bits per heavy atom. The molecule has 7 nitrogen and oxygen atoms in total. The molecule has 0 radical (unpaired) electrons. The molecule has 0 atom stereocenters. The third kappa shape index (κ3) is 3.02. The van der Waals surface area contributed by atoms with E-state index in [-0.39, 0.29) is 23.1 Å². The van der Waals surface area contributed by atoms with Crippen LogP contribution in [0, 0.1) is 24.7 Å². The Labute approximate surface area is 163 Å². The lowest BCUT2D eigenvalue weighted by molar-refractivity contribution is -0.00953. The predicted octanol–water partition coefficient (Wildman–Crippen LogP) is 2.27. The number of amides is 1. The molecule has 7 heteroatoms. The average Bonchev–Trinajstić information content (AvgIpc) is 2.66. The van der Waals surface area contributed by atoms with Crippen LogP contribution in [0.2, 0.25) is 0 Å². The van der Waals surface area contributed by atoms with Crippen LogP contribution in [0.3, 0.4) is 0 Å². The van der Waals surface area contributed by atoms with Gasteiger partial charge in [0.1, 0.15) is 11.4 Å². The molecular weight excluding hydrogens is 354 g/mol. The van der Waals surface area contributed by atoms with Crippen molar-refractivity contribution in [1.82, 2.24) is 25.3 Å². The molecule has 4 bridgehead atoms. The van der Waals surface area contributed by atoms with E-state index in [1.807, 2.05) is 6.92 Å². The molecule has 4 saturated carbocycles. The first kappa shape index (κ1) is 17.5. The number of carbonyl (C=O) groups excluding carboxylic acids is 1. The van der Waals surface area contributed by atoms with Crippen LogP contribution in [0.15, 0.2) is 23.4 Å². The minimum absolute atomic E-state index is 0.0143. The van der Waals surface area contributed by atoms with Crippen LogP contribution in [0.1, 0.15) is 66.1 Å². The van der Waals surface area contributed by atoms with Gasteiger partial charge in [-0.25, -0.2) is 4.98 Å². The van der Waals surface area contributed by atoms with Gasteiger partial charge in [0, 0.05) is 17.8 Å². The summed E-state index contributed by atoms with van der Waals surface area (Å²) in [5.74, 6) is 2.67. The predicted molar refractivity (Wildman–Crippen MR) is 103 cm³/mol. The Morgan fingerprint density at radius 3 is 2.32 bits per heavy atom. The smallest absolute Gasteiger partial charge is 0.263 e. The van der Waals surface area contributed by atoms with Crippen molar-refractivity contribution in [2.24, 2.45) is 17.8 Å². The van der Waals surface area contributed by atoms with Gasteiger partial charge >= 0.3 is 0 Å². The lowest BCUT2D eigenvalue weighted by atomic mass is 9.49. The van der Waals surface area contributed by atoms with E-state index in [0.717, 1.165) is 48.5 Å². The zero-order valence-corrected chi connectivity index (χ0v) is 16.1. The van der Waals surface area contributed by atoms with Crippen molar-refractivity contribution < 1.29 is 4.79 Å². The molecule has 2 aromatic rings. The summed E-state index contributed by atoms with van der Waals surface area (Å²) in [6.07, 6.45) is 12.1. The fourth-order valence-corrected chi connectivity index (χ4v) is 6.00. The number of nitrogens with zero attached hydrogens (tertiary/aromatic N) is 3. The van der Waals surface area contributed by atoms with E-state index >= 15 is 0 Å². The summed E-state index contributed by atoms with van der Waals surface area (Å²) in [6, 6.07) is 0.